The number of nitro groups is 1. The van der Waals surface area contributed by atoms with E-state index < -0.39 is 35.0 Å². The van der Waals surface area contributed by atoms with Crippen LogP contribution in [0.15, 0.2) is 70.1 Å². The number of aliphatic carboxylic acids is 1. The molecule has 2 unspecified atom stereocenters. The molecule has 2 amide bonds. The van der Waals surface area contributed by atoms with E-state index in [1.807, 2.05) is 37.3 Å². The number of amides is 2. The third-order valence-electron chi connectivity index (χ3n) is 7.91. The summed E-state index contributed by atoms with van der Waals surface area (Å²) in [6.45, 7) is 3.70. The van der Waals surface area contributed by atoms with Gasteiger partial charge < -0.3 is 24.7 Å². The van der Waals surface area contributed by atoms with Gasteiger partial charge in [0.1, 0.15) is 12.3 Å². The van der Waals surface area contributed by atoms with Crippen LogP contribution in [0, 0.1) is 22.0 Å². The molecular weight excluding hydrogens is 582 g/mol. The highest BCUT2D eigenvalue weighted by molar-refractivity contribution is 8.03. The van der Waals surface area contributed by atoms with Gasteiger partial charge in [0.2, 0.25) is 5.91 Å². The van der Waals surface area contributed by atoms with Crippen molar-refractivity contribution in [3.8, 4) is 0 Å². The van der Waals surface area contributed by atoms with Crippen molar-refractivity contribution in [1.82, 2.24) is 9.80 Å². The molecule has 0 spiro atoms. The molecule has 5 rings (SSSR count). The second-order valence-corrected chi connectivity index (χ2v) is 13.1. The molecule has 2 aromatic rings. The molecule has 3 aliphatic rings. The minimum Gasteiger partial charge on any atom is -0.477 e. The summed E-state index contributed by atoms with van der Waals surface area (Å²) in [4.78, 5) is 53.4. The van der Waals surface area contributed by atoms with Crippen LogP contribution < -0.4 is 0 Å². The fourth-order valence-corrected chi connectivity index (χ4v) is 8.46. The molecule has 0 saturated carbocycles. The van der Waals surface area contributed by atoms with E-state index in [4.69, 9.17) is 4.74 Å². The maximum Gasteiger partial charge on any atom is 0.410 e. The average Bonchev–Trinajstić information content (AvgIpc) is 3.48. The van der Waals surface area contributed by atoms with E-state index in [1.54, 1.807) is 35.7 Å². The second-order valence-electron chi connectivity index (χ2n) is 10.7. The largest absolute Gasteiger partial charge is 0.477 e. The van der Waals surface area contributed by atoms with Crippen LogP contribution in [0.25, 0.3) is 0 Å². The minimum absolute atomic E-state index is 0.0335. The van der Waals surface area contributed by atoms with Crippen molar-refractivity contribution in [3.05, 3.63) is 80.9 Å². The van der Waals surface area contributed by atoms with Gasteiger partial charge >= 0.3 is 12.1 Å². The summed E-state index contributed by atoms with van der Waals surface area (Å²) >= 11 is 3.00. The molecule has 0 radical (unpaired) electrons. The number of carboxylic acid groups (broad SMARTS) is 1. The second kappa shape index (κ2) is 12.4. The number of ether oxygens (including phenoxy) is 1. The third kappa shape index (κ3) is 5.86. The number of fused-ring (bicyclic) bond motifs is 1. The molecule has 42 heavy (non-hydrogen) atoms. The van der Waals surface area contributed by atoms with Crippen molar-refractivity contribution >= 4 is 47.2 Å². The van der Waals surface area contributed by atoms with Crippen molar-refractivity contribution in [1.29, 1.82) is 0 Å². The zero-order valence-corrected chi connectivity index (χ0v) is 24.6. The Kier molecular flexibility index (Phi) is 8.81. The Morgan fingerprint density at radius 1 is 1.17 bits per heavy atom. The first-order chi connectivity index (χ1) is 20.1. The number of hydrogen-bond donors (Lipinski definition) is 2. The van der Waals surface area contributed by atoms with Crippen LogP contribution in [0.4, 0.5) is 10.5 Å². The molecule has 0 aliphatic carbocycles. The maximum absolute atomic E-state index is 13.3. The number of nitro benzene ring substituents is 1. The highest BCUT2D eigenvalue weighted by Crippen LogP contribution is 2.52. The van der Waals surface area contributed by atoms with Crippen molar-refractivity contribution in [2.45, 2.75) is 55.2 Å². The van der Waals surface area contributed by atoms with Crippen LogP contribution in [-0.2, 0) is 20.9 Å². The Labute approximate surface area is 251 Å². The number of thioether (sulfide) groups is 2. The lowest BCUT2D eigenvalue weighted by atomic mass is 9.79. The topological polar surface area (TPSA) is 151 Å². The lowest BCUT2D eigenvalue weighted by Crippen LogP contribution is -2.63. The van der Waals surface area contributed by atoms with Gasteiger partial charge in [0.05, 0.1) is 23.0 Å². The smallest absolute Gasteiger partial charge is 0.410 e. The number of non-ortho nitro benzene ring substituents is 1. The number of carbonyl (C=O) groups excluding carboxylic acids is 2. The van der Waals surface area contributed by atoms with Gasteiger partial charge in [-0.3, -0.25) is 14.9 Å². The van der Waals surface area contributed by atoms with E-state index in [-0.39, 0.29) is 41.1 Å². The van der Waals surface area contributed by atoms with Gasteiger partial charge in [-0.25, -0.2) is 9.59 Å². The fourth-order valence-electron chi connectivity index (χ4n) is 5.85. The van der Waals surface area contributed by atoms with Gasteiger partial charge in [-0.15, -0.1) is 23.5 Å². The Morgan fingerprint density at radius 3 is 2.48 bits per heavy atom. The van der Waals surface area contributed by atoms with Gasteiger partial charge in [0.15, 0.2) is 0 Å². The van der Waals surface area contributed by atoms with Gasteiger partial charge in [-0.2, -0.15) is 0 Å². The summed E-state index contributed by atoms with van der Waals surface area (Å²) in [5.74, 6) is -1.87. The molecule has 0 aromatic heterocycles. The van der Waals surface area contributed by atoms with Crippen LogP contribution in [0.1, 0.15) is 25.8 Å². The molecule has 0 bridgehead atoms. The number of carboxylic acids is 1. The third-order valence-corrected chi connectivity index (χ3v) is 10.6. The first kappa shape index (κ1) is 29.9. The normalized spacial score (nSPS) is 25.7. The Hall–Kier alpha value is -3.55. The number of likely N-dealkylation sites (tertiary alicyclic amines) is 1. The molecule has 3 aliphatic heterocycles. The van der Waals surface area contributed by atoms with E-state index in [9.17, 15) is 34.7 Å². The van der Waals surface area contributed by atoms with Crippen molar-refractivity contribution in [2.24, 2.45) is 11.8 Å². The molecule has 2 saturated heterocycles. The summed E-state index contributed by atoms with van der Waals surface area (Å²) in [5.41, 5.74) is 0.533. The van der Waals surface area contributed by atoms with Crippen molar-refractivity contribution < 1.29 is 34.3 Å². The Balaban J connectivity index is 1.31. The zero-order chi connectivity index (χ0) is 30.1. The average molecular weight is 614 g/mol. The molecule has 11 nitrogen and oxygen atoms in total. The molecular formula is C29H31N3O8S2. The molecule has 2 N–H and O–H groups in total. The highest BCUT2D eigenvalue weighted by Gasteiger charge is 2.60. The number of carbonyl (C=O) groups is 3. The van der Waals surface area contributed by atoms with Crippen LogP contribution in [0.5, 0.6) is 0 Å². The van der Waals surface area contributed by atoms with Crippen molar-refractivity contribution in [3.63, 3.8) is 0 Å². The summed E-state index contributed by atoms with van der Waals surface area (Å²) in [7, 11) is 0. The number of hydrogen-bond acceptors (Lipinski definition) is 9. The number of β-lactam (4-membered cyclic amide) rings is 1. The fraction of sp³-hybridized carbons (Fsp3) is 0.414. The van der Waals surface area contributed by atoms with E-state index in [0.717, 1.165) is 4.90 Å². The van der Waals surface area contributed by atoms with Crippen LogP contribution in [0.3, 0.4) is 0 Å². The lowest BCUT2D eigenvalue weighted by molar-refractivity contribution is -0.384. The summed E-state index contributed by atoms with van der Waals surface area (Å²) in [6, 6.07) is 15.0. The number of nitrogens with zero attached hydrogens (tertiary/aromatic N) is 3. The van der Waals surface area contributed by atoms with Gasteiger partial charge in [-0.05, 0) is 43.2 Å². The Bertz CT molecular complexity index is 1400. The lowest BCUT2D eigenvalue weighted by Gasteiger charge is -2.46. The quantitative estimate of drug-likeness (QED) is 0.171. The first-order valence-electron chi connectivity index (χ1n) is 13.6. The maximum atomic E-state index is 13.3. The van der Waals surface area contributed by atoms with Gasteiger partial charge in [-0.1, -0.05) is 25.1 Å². The molecule has 2 fully saturated rings. The predicted molar refractivity (Wildman–Crippen MR) is 157 cm³/mol. The van der Waals surface area contributed by atoms with E-state index >= 15 is 0 Å². The van der Waals surface area contributed by atoms with E-state index in [2.05, 4.69) is 0 Å². The summed E-state index contributed by atoms with van der Waals surface area (Å²) in [5, 5.41) is 31.0. The molecule has 2 aromatic carbocycles. The number of aliphatic hydroxyl groups is 1. The zero-order valence-electron chi connectivity index (χ0n) is 23.0. The van der Waals surface area contributed by atoms with Gasteiger partial charge in [0.25, 0.3) is 5.69 Å². The molecule has 3 heterocycles. The summed E-state index contributed by atoms with van der Waals surface area (Å²) < 4.78 is 5.60. The SMILES string of the molecule is CC(O)[C@H]1C(=O)N2C(C(=O)O)=C(S[C@H]3CC(CSc4ccccc4)N(C(=O)OCc4ccc([N+](=O)[O-])cc4)C3)[C@H](C)[C@@H]12. The van der Waals surface area contributed by atoms with Crippen LogP contribution in [-0.4, -0.2) is 78.6 Å². The van der Waals surface area contributed by atoms with Crippen molar-refractivity contribution in [2.75, 3.05) is 12.3 Å². The predicted octanol–water partition coefficient (Wildman–Crippen LogP) is 4.35. The molecule has 6 atom stereocenters. The van der Waals surface area contributed by atoms with E-state index in [0.29, 0.717) is 29.2 Å². The monoisotopic (exact) mass is 613 g/mol. The van der Waals surface area contributed by atoms with Crippen LogP contribution >= 0.6 is 23.5 Å². The van der Waals surface area contributed by atoms with Gasteiger partial charge in [0, 0.05) is 51.4 Å². The number of aliphatic hydroxyl groups excluding tert-OH is 1. The highest BCUT2D eigenvalue weighted by atomic mass is 32.2. The summed E-state index contributed by atoms with van der Waals surface area (Å²) in [6.07, 6.45) is -0.804. The molecule has 222 valence electrons. The standard InChI is InChI=1S/C29H31N3O8S2/c1-16-24-23(17(2)33)27(34)31(24)25(28(35)36)26(16)42-22-12-20(15-41-21-6-4-3-5-7-21)30(13-22)29(37)40-14-18-8-10-19(11-9-18)32(38)39/h3-11,16-17,20,22-24,33H,12-15H2,1-2H3,(H,35,36)/t16-,17?,20?,22+,23-,24+/m1/s1. The first-order valence-corrected chi connectivity index (χ1v) is 15.4. The Morgan fingerprint density at radius 2 is 1.86 bits per heavy atom. The molecule has 13 heteroatoms. The minimum atomic E-state index is -1.18. The van der Waals surface area contributed by atoms with E-state index in [1.165, 1.54) is 28.8 Å². The number of benzene rings is 2. The van der Waals surface area contributed by atoms with Crippen LogP contribution in [0.2, 0.25) is 0 Å². The number of rotatable bonds is 10.